The summed E-state index contributed by atoms with van der Waals surface area (Å²) in [4.78, 5) is 0. The quantitative estimate of drug-likeness (QED) is 0.910. The molecule has 1 aromatic carbocycles. The summed E-state index contributed by atoms with van der Waals surface area (Å²) in [6.07, 6.45) is 2.52. The zero-order valence-corrected chi connectivity index (χ0v) is 11.5. The first-order chi connectivity index (χ1) is 9.24. The summed E-state index contributed by atoms with van der Waals surface area (Å²) in [7, 11) is 0. The Balaban J connectivity index is 1.76. The maximum absolute atomic E-state index is 5.91. The van der Waals surface area contributed by atoms with Crippen LogP contribution in [0.3, 0.4) is 0 Å². The molecule has 3 rings (SSSR count). The first-order valence-corrected chi connectivity index (χ1v) is 6.87. The van der Waals surface area contributed by atoms with Crippen LogP contribution in [0.25, 0.3) is 0 Å². The van der Waals surface area contributed by atoms with E-state index in [1.165, 1.54) is 12.8 Å². The lowest BCUT2D eigenvalue weighted by Crippen LogP contribution is -2.21. The Kier molecular flexibility index (Phi) is 3.48. The molecule has 1 fully saturated rings. The van der Waals surface area contributed by atoms with Gasteiger partial charge < -0.3 is 5.32 Å². The van der Waals surface area contributed by atoms with Gasteiger partial charge in [0.05, 0.1) is 12.6 Å². The van der Waals surface area contributed by atoms with Gasteiger partial charge in [-0.3, -0.25) is 0 Å². The predicted molar refractivity (Wildman–Crippen MR) is 72.9 cm³/mol. The fourth-order valence-electron chi connectivity index (χ4n) is 2.04. The fourth-order valence-corrected chi connectivity index (χ4v) is 2.16. The molecule has 1 heterocycles. The van der Waals surface area contributed by atoms with E-state index in [0.29, 0.717) is 6.04 Å². The number of rotatable bonds is 5. The van der Waals surface area contributed by atoms with Crippen LogP contribution in [0, 0.1) is 0 Å². The first-order valence-electron chi connectivity index (χ1n) is 6.49. The minimum atomic E-state index is 0.100. The number of aromatic nitrogens is 4. The fraction of sp³-hybridized carbons (Fsp3) is 0.462. The third-order valence-corrected chi connectivity index (χ3v) is 3.66. The number of halogens is 1. The molecule has 5 nitrogen and oxygen atoms in total. The number of hydrogen-bond acceptors (Lipinski definition) is 4. The molecule has 1 saturated carbocycles. The van der Waals surface area contributed by atoms with Crippen LogP contribution in [0.4, 0.5) is 0 Å². The smallest absolute Gasteiger partial charge is 0.165 e. The lowest BCUT2D eigenvalue weighted by Gasteiger charge is -2.14. The predicted octanol–water partition coefficient (Wildman–Crippen LogP) is 2.19. The van der Waals surface area contributed by atoms with Gasteiger partial charge in [-0.1, -0.05) is 23.7 Å². The lowest BCUT2D eigenvalue weighted by atomic mass is 10.1. The number of hydrogen-bond donors (Lipinski definition) is 1. The van der Waals surface area contributed by atoms with Gasteiger partial charge in [0.25, 0.3) is 0 Å². The average Bonchev–Trinajstić information content (AvgIpc) is 3.13. The number of nitrogens with one attached hydrogen (secondary N) is 1. The maximum Gasteiger partial charge on any atom is 0.165 e. The van der Waals surface area contributed by atoms with E-state index in [-0.39, 0.29) is 6.04 Å². The van der Waals surface area contributed by atoms with Crippen LogP contribution in [-0.4, -0.2) is 26.2 Å². The van der Waals surface area contributed by atoms with Crippen LogP contribution in [0.2, 0.25) is 5.02 Å². The molecule has 0 spiro atoms. The molecule has 100 valence electrons. The van der Waals surface area contributed by atoms with Gasteiger partial charge in [0.2, 0.25) is 0 Å². The number of nitrogens with zero attached hydrogens (tertiary/aromatic N) is 4. The van der Waals surface area contributed by atoms with E-state index < -0.39 is 0 Å². The summed E-state index contributed by atoms with van der Waals surface area (Å²) in [5.41, 5.74) is 1.14. The van der Waals surface area contributed by atoms with Gasteiger partial charge in [-0.2, -0.15) is 0 Å². The van der Waals surface area contributed by atoms with Crippen LogP contribution in [0.5, 0.6) is 0 Å². The van der Waals surface area contributed by atoms with E-state index in [4.69, 9.17) is 11.6 Å². The maximum atomic E-state index is 5.91. The summed E-state index contributed by atoms with van der Waals surface area (Å²) < 4.78 is 1.86. The highest BCUT2D eigenvalue weighted by Gasteiger charge is 2.22. The van der Waals surface area contributed by atoms with Gasteiger partial charge in [0.1, 0.15) is 0 Å². The molecular weight excluding hydrogens is 262 g/mol. The van der Waals surface area contributed by atoms with E-state index in [0.717, 1.165) is 23.0 Å². The van der Waals surface area contributed by atoms with Crippen molar-refractivity contribution in [3.05, 3.63) is 40.7 Å². The van der Waals surface area contributed by atoms with Crippen molar-refractivity contribution in [2.24, 2.45) is 0 Å². The molecule has 0 aliphatic heterocycles. The molecule has 1 aromatic heterocycles. The largest absolute Gasteiger partial charge is 0.307 e. The van der Waals surface area contributed by atoms with Crippen LogP contribution < -0.4 is 5.32 Å². The molecule has 1 aliphatic rings. The van der Waals surface area contributed by atoms with E-state index in [2.05, 4.69) is 27.8 Å². The zero-order chi connectivity index (χ0) is 13.2. The summed E-state index contributed by atoms with van der Waals surface area (Å²) in [6.45, 7) is 2.80. The second-order valence-electron chi connectivity index (χ2n) is 4.92. The third-order valence-electron chi connectivity index (χ3n) is 3.41. The highest BCUT2D eigenvalue weighted by molar-refractivity contribution is 6.30. The van der Waals surface area contributed by atoms with Crippen molar-refractivity contribution >= 4 is 11.6 Å². The third kappa shape index (κ3) is 2.93. The SMILES string of the molecule is CC(c1ccc(Cl)cc1)n1nnnc1CNC1CC1. The number of benzene rings is 1. The van der Waals surface area contributed by atoms with Crippen LogP contribution in [0.15, 0.2) is 24.3 Å². The van der Waals surface area contributed by atoms with Crippen molar-refractivity contribution in [2.45, 2.75) is 38.4 Å². The minimum absolute atomic E-state index is 0.100. The standard InChI is InChI=1S/C13H16ClN5/c1-9(10-2-4-11(14)5-3-10)19-13(16-17-18-19)8-15-12-6-7-12/h2-5,9,12,15H,6-8H2,1H3. The Morgan fingerprint density at radius 2 is 2.11 bits per heavy atom. The molecule has 1 N–H and O–H groups in total. The molecule has 6 heteroatoms. The van der Waals surface area contributed by atoms with Crippen molar-refractivity contribution in [3.63, 3.8) is 0 Å². The van der Waals surface area contributed by atoms with Crippen LogP contribution in [-0.2, 0) is 6.54 Å². The summed E-state index contributed by atoms with van der Waals surface area (Å²) >= 11 is 5.91. The van der Waals surface area contributed by atoms with Gasteiger partial charge in [-0.15, -0.1) is 5.10 Å². The first kappa shape index (κ1) is 12.6. The summed E-state index contributed by atoms with van der Waals surface area (Å²) in [5, 5.41) is 16.1. The van der Waals surface area contributed by atoms with Gasteiger partial charge in [-0.25, -0.2) is 4.68 Å². The molecule has 0 amide bonds. The molecular formula is C13H16ClN5. The Bertz CT molecular complexity index is 546. The molecule has 0 radical (unpaired) electrons. The Hall–Kier alpha value is -1.46. The van der Waals surface area contributed by atoms with Gasteiger partial charge in [0, 0.05) is 11.1 Å². The Morgan fingerprint density at radius 1 is 1.37 bits per heavy atom. The minimum Gasteiger partial charge on any atom is -0.307 e. The van der Waals surface area contributed by atoms with Crippen molar-refractivity contribution in [2.75, 3.05) is 0 Å². The van der Waals surface area contributed by atoms with Gasteiger partial charge >= 0.3 is 0 Å². The van der Waals surface area contributed by atoms with E-state index in [1.807, 2.05) is 28.9 Å². The van der Waals surface area contributed by atoms with Crippen molar-refractivity contribution in [1.29, 1.82) is 0 Å². The van der Waals surface area contributed by atoms with Gasteiger partial charge in [0.15, 0.2) is 5.82 Å². The summed E-state index contributed by atoms with van der Waals surface area (Å²) in [6, 6.07) is 8.54. The lowest BCUT2D eigenvalue weighted by molar-refractivity contribution is 0.504. The molecule has 0 bridgehead atoms. The van der Waals surface area contributed by atoms with E-state index >= 15 is 0 Å². The monoisotopic (exact) mass is 277 g/mol. The van der Waals surface area contributed by atoms with Crippen molar-refractivity contribution < 1.29 is 0 Å². The molecule has 1 atom stereocenters. The molecule has 2 aromatic rings. The van der Waals surface area contributed by atoms with Crippen LogP contribution in [0.1, 0.15) is 37.2 Å². The van der Waals surface area contributed by atoms with Crippen LogP contribution >= 0.6 is 11.6 Å². The van der Waals surface area contributed by atoms with Crippen molar-refractivity contribution in [1.82, 2.24) is 25.5 Å². The molecule has 1 aliphatic carbocycles. The molecule has 19 heavy (non-hydrogen) atoms. The average molecular weight is 278 g/mol. The highest BCUT2D eigenvalue weighted by Crippen LogP contribution is 2.21. The highest BCUT2D eigenvalue weighted by atomic mass is 35.5. The normalized spacial score (nSPS) is 16.5. The summed E-state index contributed by atoms with van der Waals surface area (Å²) in [5.74, 6) is 0.870. The Labute approximate surface area is 117 Å². The Morgan fingerprint density at radius 3 is 2.79 bits per heavy atom. The second-order valence-corrected chi connectivity index (χ2v) is 5.36. The second kappa shape index (κ2) is 5.27. The topological polar surface area (TPSA) is 55.6 Å². The number of tetrazole rings is 1. The zero-order valence-electron chi connectivity index (χ0n) is 10.8. The molecule has 0 saturated heterocycles. The van der Waals surface area contributed by atoms with E-state index in [9.17, 15) is 0 Å². The molecule has 1 unspecified atom stereocenters. The van der Waals surface area contributed by atoms with E-state index in [1.54, 1.807) is 0 Å². The van der Waals surface area contributed by atoms with Gasteiger partial charge in [-0.05, 0) is 47.9 Å². The van der Waals surface area contributed by atoms with Crippen molar-refractivity contribution in [3.8, 4) is 0 Å².